The zero-order chi connectivity index (χ0) is 16.9. The third-order valence-electron chi connectivity index (χ3n) is 4.51. The minimum absolute atomic E-state index is 0.0822. The first kappa shape index (κ1) is 17.2. The number of nitrogens with zero attached hydrogens (tertiary/aromatic N) is 2. The van der Waals surface area contributed by atoms with Crippen LogP contribution in [0.5, 0.6) is 0 Å². The highest BCUT2D eigenvalue weighted by molar-refractivity contribution is 7.17. The number of carbonyl (C=O) groups is 1. The second-order valence-corrected chi connectivity index (χ2v) is 7.83. The van der Waals surface area contributed by atoms with Gasteiger partial charge in [-0.3, -0.25) is 4.90 Å². The Morgan fingerprint density at radius 1 is 1.21 bits per heavy atom. The second-order valence-electron chi connectivity index (χ2n) is 6.92. The molecule has 0 aliphatic carbocycles. The molecule has 1 aromatic heterocycles. The Balaban J connectivity index is 1.43. The molecule has 0 radical (unpaired) electrons. The second kappa shape index (κ2) is 7.99. The van der Waals surface area contributed by atoms with Crippen molar-refractivity contribution >= 4 is 27.5 Å². The Morgan fingerprint density at radius 2 is 1.96 bits per heavy atom. The Morgan fingerprint density at radius 3 is 2.71 bits per heavy atom. The Hall–Kier alpha value is -1.59. The zero-order valence-corrected chi connectivity index (χ0v) is 15.4. The third-order valence-corrected chi connectivity index (χ3v) is 5.53. The van der Waals surface area contributed by atoms with Crippen LogP contribution in [0, 0.1) is 5.92 Å². The fourth-order valence-electron chi connectivity index (χ4n) is 3.29. The van der Waals surface area contributed by atoms with Crippen LogP contribution in [0.1, 0.15) is 19.4 Å². The van der Waals surface area contributed by atoms with Crippen LogP contribution in [0.4, 0.5) is 4.79 Å². The molecule has 130 valence electrons. The number of nitrogens with one attached hydrogen (secondary N) is 1. The van der Waals surface area contributed by atoms with Gasteiger partial charge in [-0.15, -0.1) is 11.3 Å². The molecule has 2 aromatic rings. The minimum atomic E-state index is 0.0822. The monoisotopic (exact) mass is 345 g/mol. The molecule has 1 aromatic carbocycles. The molecule has 0 atom stereocenters. The van der Waals surface area contributed by atoms with Crippen LogP contribution >= 0.6 is 11.3 Å². The maximum absolute atomic E-state index is 12.3. The standard InChI is InChI=1S/C19H27N3OS/c1-15(2)13-21-9-11-22(12-10-21)19(23)20-8-7-16-14-24-18-6-4-3-5-17(16)18/h3-6,14-15H,7-13H2,1-2H3,(H,20,23). The average Bonchev–Trinajstić information content (AvgIpc) is 2.98. The van der Waals surface area contributed by atoms with Gasteiger partial charge in [0.1, 0.15) is 0 Å². The maximum atomic E-state index is 12.3. The van der Waals surface area contributed by atoms with E-state index < -0.39 is 0 Å². The first-order chi connectivity index (χ1) is 11.6. The molecule has 1 aliphatic heterocycles. The van der Waals surface area contributed by atoms with Gasteiger partial charge in [-0.2, -0.15) is 0 Å². The summed E-state index contributed by atoms with van der Waals surface area (Å²) in [6, 6.07) is 8.55. The molecule has 2 amide bonds. The lowest BCUT2D eigenvalue weighted by Gasteiger charge is -2.35. The van der Waals surface area contributed by atoms with Crippen molar-refractivity contribution in [2.24, 2.45) is 5.92 Å². The van der Waals surface area contributed by atoms with Crippen molar-refractivity contribution in [1.29, 1.82) is 0 Å². The Bertz CT molecular complexity index is 674. The molecule has 4 nitrogen and oxygen atoms in total. The third kappa shape index (κ3) is 4.28. The topological polar surface area (TPSA) is 35.6 Å². The normalized spacial score (nSPS) is 16.0. The van der Waals surface area contributed by atoms with E-state index in [9.17, 15) is 4.79 Å². The molecule has 2 heterocycles. The van der Waals surface area contributed by atoms with Gasteiger partial charge in [-0.05, 0) is 34.7 Å². The van der Waals surface area contributed by atoms with Crippen LogP contribution < -0.4 is 5.32 Å². The summed E-state index contributed by atoms with van der Waals surface area (Å²) in [6.45, 7) is 9.95. The molecular formula is C19H27N3OS. The summed E-state index contributed by atoms with van der Waals surface area (Å²) in [5.41, 5.74) is 1.33. The molecule has 24 heavy (non-hydrogen) atoms. The largest absolute Gasteiger partial charge is 0.338 e. The van der Waals surface area contributed by atoms with E-state index in [0.29, 0.717) is 12.5 Å². The van der Waals surface area contributed by atoms with Gasteiger partial charge in [0, 0.05) is 44.0 Å². The quantitative estimate of drug-likeness (QED) is 0.901. The van der Waals surface area contributed by atoms with Gasteiger partial charge >= 0.3 is 6.03 Å². The molecule has 1 N–H and O–H groups in total. The van der Waals surface area contributed by atoms with Gasteiger partial charge in [0.2, 0.25) is 0 Å². The van der Waals surface area contributed by atoms with Gasteiger partial charge in [0.05, 0.1) is 0 Å². The number of piperazine rings is 1. The van der Waals surface area contributed by atoms with Crippen LogP contribution in [0.2, 0.25) is 0 Å². The lowest BCUT2D eigenvalue weighted by molar-refractivity contribution is 0.131. The number of amides is 2. The van der Waals surface area contributed by atoms with E-state index in [-0.39, 0.29) is 6.03 Å². The van der Waals surface area contributed by atoms with Crippen LogP contribution in [0.25, 0.3) is 10.1 Å². The molecule has 1 aliphatic rings. The van der Waals surface area contributed by atoms with E-state index in [0.717, 1.165) is 39.1 Å². The zero-order valence-electron chi connectivity index (χ0n) is 14.6. The van der Waals surface area contributed by atoms with Crippen LogP contribution in [-0.4, -0.2) is 55.1 Å². The number of carbonyl (C=O) groups excluding carboxylic acids is 1. The predicted octanol–water partition coefficient (Wildman–Crippen LogP) is 3.43. The van der Waals surface area contributed by atoms with Gasteiger partial charge in [0.25, 0.3) is 0 Å². The number of hydrogen-bond donors (Lipinski definition) is 1. The molecule has 3 rings (SSSR count). The van der Waals surface area contributed by atoms with E-state index in [1.165, 1.54) is 15.6 Å². The number of urea groups is 1. The Kier molecular flexibility index (Phi) is 5.74. The summed E-state index contributed by atoms with van der Waals surface area (Å²) in [5.74, 6) is 0.686. The van der Waals surface area contributed by atoms with Crippen LogP contribution in [0.15, 0.2) is 29.6 Å². The number of benzene rings is 1. The van der Waals surface area contributed by atoms with Crippen molar-refractivity contribution < 1.29 is 4.79 Å². The lowest BCUT2D eigenvalue weighted by Crippen LogP contribution is -2.52. The highest BCUT2D eigenvalue weighted by Crippen LogP contribution is 2.25. The van der Waals surface area contributed by atoms with E-state index in [4.69, 9.17) is 0 Å². The highest BCUT2D eigenvalue weighted by Gasteiger charge is 2.21. The smallest absolute Gasteiger partial charge is 0.317 e. The van der Waals surface area contributed by atoms with E-state index in [1.54, 1.807) is 11.3 Å². The van der Waals surface area contributed by atoms with E-state index >= 15 is 0 Å². The van der Waals surface area contributed by atoms with Crippen molar-refractivity contribution in [3.05, 3.63) is 35.2 Å². The van der Waals surface area contributed by atoms with Gasteiger partial charge < -0.3 is 10.2 Å². The van der Waals surface area contributed by atoms with Crippen molar-refractivity contribution in [2.45, 2.75) is 20.3 Å². The van der Waals surface area contributed by atoms with E-state index in [2.05, 4.69) is 53.7 Å². The van der Waals surface area contributed by atoms with Crippen molar-refractivity contribution in [3.8, 4) is 0 Å². The Labute approximate surface area is 148 Å². The number of rotatable bonds is 5. The highest BCUT2D eigenvalue weighted by atomic mass is 32.1. The first-order valence-electron chi connectivity index (χ1n) is 8.83. The number of hydrogen-bond acceptors (Lipinski definition) is 3. The summed E-state index contributed by atoms with van der Waals surface area (Å²) in [5, 5.41) is 6.61. The van der Waals surface area contributed by atoms with Gasteiger partial charge in [-0.25, -0.2) is 4.79 Å². The molecule has 0 saturated carbocycles. The summed E-state index contributed by atoms with van der Waals surface area (Å²) < 4.78 is 1.32. The van der Waals surface area contributed by atoms with E-state index in [1.807, 2.05) is 4.90 Å². The van der Waals surface area contributed by atoms with Crippen molar-refractivity contribution in [1.82, 2.24) is 15.1 Å². The molecular weight excluding hydrogens is 318 g/mol. The summed E-state index contributed by atoms with van der Waals surface area (Å²) in [6.07, 6.45) is 0.892. The summed E-state index contributed by atoms with van der Waals surface area (Å²) in [4.78, 5) is 16.7. The molecule has 1 saturated heterocycles. The number of fused-ring (bicyclic) bond motifs is 1. The fraction of sp³-hybridized carbons (Fsp3) is 0.526. The average molecular weight is 346 g/mol. The number of thiophene rings is 1. The lowest BCUT2D eigenvalue weighted by atomic mass is 10.1. The first-order valence-corrected chi connectivity index (χ1v) is 9.71. The van der Waals surface area contributed by atoms with Gasteiger partial charge in [0.15, 0.2) is 0 Å². The fourth-order valence-corrected chi connectivity index (χ4v) is 4.29. The molecule has 0 bridgehead atoms. The minimum Gasteiger partial charge on any atom is -0.338 e. The maximum Gasteiger partial charge on any atom is 0.317 e. The summed E-state index contributed by atoms with van der Waals surface area (Å²) in [7, 11) is 0. The van der Waals surface area contributed by atoms with Crippen LogP contribution in [-0.2, 0) is 6.42 Å². The SMILES string of the molecule is CC(C)CN1CCN(C(=O)NCCc2csc3ccccc23)CC1. The predicted molar refractivity (Wildman–Crippen MR) is 102 cm³/mol. The van der Waals surface area contributed by atoms with Crippen molar-refractivity contribution in [3.63, 3.8) is 0 Å². The molecule has 1 fully saturated rings. The van der Waals surface area contributed by atoms with Gasteiger partial charge in [-0.1, -0.05) is 32.0 Å². The molecule has 0 unspecified atom stereocenters. The van der Waals surface area contributed by atoms with Crippen molar-refractivity contribution in [2.75, 3.05) is 39.3 Å². The molecule has 5 heteroatoms. The van der Waals surface area contributed by atoms with Crippen LogP contribution in [0.3, 0.4) is 0 Å². The molecule has 0 spiro atoms. The summed E-state index contributed by atoms with van der Waals surface area (Å²) >= 11 is 1.78.